The number of likely N-dealkylation sites (tertiary alicyclic amines) is 1. The number of rotatable bonds is 7. The van der Waals surface area contributed by atoms with Crippen molar-refractivity contribution in [2.75, 3.05) is 18.4 Å². The Kier molecular flexibility index (Phi) is 6.74. The van der Waals surface area contributed by atoms with Crippen molar-refractivity contribution in [3.05, 3.63) is 64.1 Å². The number of nitrogens with one attached hydrogen (secondary N) is 1. The Balaban J connectivity index is 1.44. The van der Waals surface area contributed by atoms with Gasteiger partial charge in [-0.3, -0.25) is 14.3 Å². The number of anilines is 1. The number of aromatic nitrogens is 3. The minimum Gasteiger partial charge on any atom is -0.348 e. The van der Waals surface area contributed by atoms with E-state index < -0.39 is 5.92 Å². The van der Waals surface area contributed by atoms with Crippen LogP contribution in [0.3, 0.4) is 0 Å². The highest BCUT2D eigenvalue weighted by molar-refractivity contribution is 5.75. The molecule has 4 rings (SSSR count). The number of alkyl halides is 2. The van der Waals surface area contributed by atoms with Crippen LogP contribution in [-0.4, -0.2) is 38.4 Å². The van der Waals surface area contributed by atoms with Crippen LogP contribution in [0.25, 0.3) is 11.0 Å². The first-order chi connectivity index (χ1) is 15.7. The number of benzene rings is 1. The van der Waals surface area contributed by atoms with E-state index in [4.69, 9.17) is 0 Å². The Labute approximate surface area is 192 Å². The molecule has 0 bridgehead atoms. The first-order valence-electron chi connectivity index (χ1n) is 11.5. The van der Waals surface area contributed by atoms with Crippen LogP contribution in [-0.2, 0) is 13.1 Å². The van der Waals surface area contributed by atoms with Gasteiger partial charge < -0.3 is 5.32 Å². The van der Waals surface area contributed by atoms with E-state index in [0.29, 0.717) is 43.7 Å². The lowest BCUT2D eigenvalue weighted by Crippen LogP contribution is -2.38. The van der Waals surface area contributed by atoms with Gasteiger partial charge in [-0.25, -0.2) is 13.8 Å². The summed E-state index contributed by atoms with van der Waals surface area (Å²) in [5.41, 5.74) is 2.74. The number of pyridine rings is 1. The molecule has 1 unspecified atom stereocenters. The standard InChI is InChI=1S/C25H31F2N5O/c1-17(2)15-32-22(33)9-8-21-14-28-24(30-23(21)32)29-18(3)20-6-4-19(5-7-20)16-31-12-10-25(26,27)11-13-31/h4-9,14,17-18H,10-13,15-16H2,1-3H3,(H,28,29,30). The molecule has 1 aliphatic rings. The van der Waals surface area contributed by atoms with Crippen LogP contribution >= 0.6 is 0 Å². The third-order valence-electron chi connectivity index (χ3n) is 6.09. The molecule has 1 fully saturated rings. The maximum Gasteiger partial charge on any atom is 0.252 e. The van der Waals surface area contributed by atoms with Crippen LogP contribution in [0.5, 0.6) is 0 Å². The second-order valence-corrected chi connectivity index (χ2v) is 9.39. The van der Waals surface area contributed by atoms with Crippen molar-refractivity contribution < 1.29 is 8.78 Å². The summed E-state index contributed by atoms with van der Waals surface area (Å²) < 4.78 is 28.4. The van der Waals surface area contributed by atoms with Crippen LogP contribution in [0.1, 0.15) is 50.8 Å². The van der Waals surface area contributed by atoms with Gasteiger partial charge in [0.05, 0.1) is 6.04 Å². The molecule has 8 heteroatoms. The maximum absolute atomic E-state index is 13.4. The lowest BCUT2D eigenvalue weighted by atomic mass is 10.0. The summed E-state index contributed by atoms with van der Waals surface area (Å²) in [6, 6.07) is 11.4. The lowest BCUT2D eigenvalue weighted by Gasteiger charge is -2.31. The summed E-state index contributed by atoms with van der Waals surface area (Å²) >= 11 is 0. The van der Waals surface area contributed by atoms with Crippen molar-refractivity contribution in [1.82, 2.24) is 19.4 Å². The molecule has 0 saturated carbocycles. The number of hydrogen-bond acceptors (Lipinski definition) is 5. The van der Waals surface area contributed by atoms with Crippen molar-refractivity contribution in [3.63, 3.8) is 0 Å². The lowest BCUT2D eigenvalue weighted by molar-refractivity contribution is -0.0566. The molecule has 0 amide bonds. The Morgan fingerprint density at radius 1 is 1.06 bits per heavy atom. The van der Waals surface area contributed by atoms with Crippen LogP contribution in [0.2, 0.25) is 0 Å². The average Bonchev–Trinajstić information content (AvgIpc) is 2.77. The topological polar surface area (TPSA) is 63.1 Å². The van der Waals surface area contributed by atoms with Gasteiger partial charge in [-0.15, -0.1) is 0 Å². The molecule has 1 N–H and O–H groups in total. The summed E-state index contributed by atoms with van der Waals surface area (Å²) in [5.74, 6) is -1.73. The zero-order valence-electron chi connectivity index (χ0n) is 19.4. The van der Waals surface area contributed by atoms with Crippen molar-refractivity contribution >= 4 is 17.0 Å². The van der Waals surface area contributed by atoms with Gasteiger partial charge in [0.15, 0.2) is 0 Å². The predicted octanol–water partition coefficient (Wildman–Crippen LogP) is 4.85. The minimum atomic E-state index is -2.52. The van der Waals surface area contributed by atoms with E-state index in [1.807, 2.05) is 31.2 Å². The second-order valence-electron chi connectivity index (χ2n) is 9.39. The Morgan fingerprint density at radius 2 is 1.76 bits per heavy atom. The third kappa shape index (κ3) is 5.74. The quantitative estimate of drug-likeness (QED) is 0.552. The van der Waals surface area contributed by atoms with Crippen molar-refractivity contribution in [3.8, 4) is 0 Å². The molecular weight excluding hydrogens is 424 g/mol. The molecule has 0 spiro atoms. The first-order valence-corrected chi connectivity index (χ1v) is 11.5. The van der Waals surface area contributed by atoms with Crippen LogP contribution in [0.4, 0.5) is 14.7 Å². The fourth-order valence-electron chi connectivity index (χ4n) is 4.17. The van der Waals surface area contributed by atoms with Gasteiger partial charge in [0.25, 0.3) is 11.5 Å². The van der Waals surface area contributed by atoms with Gasteiger partial charge in [-0.05, 0) is 30.0 Å². The highest BCUT2D eigenvalue weighted by atomic mass is 19.3. The summed E-state index contributed by atoms with van der Waals surface area (Å²) in [4.78, 5) is 23.5. The molecule has 0 radical (unpaired) electrons. The highest BCUT2D eigenvalue weighted by Crippen LogP contribution is 2.28. The SMILES string of the molecule is CC(C)Cn1c(=O)ccc2cnc(NC(C)c3ccc(CN4CCC(F)(F)CC4)cc3)nc21. The largest absolute Gasteiger partial charge is 0.348 e. The summed E-state index contributed by atoms with van der Waals surface area (Å²) in [5, 5.41) is 4.16. The monoisotopic (exact) mass is 455 g/mol. The van der Waals surface area contributed by atoms with Crippen LogP contribution in [0, 0.1) is 5.92 Å². The normalized spacial score (nSPS) is 17.4. The number of piperidine rings is 1. The smallest absolute Gasteiger partial charge is 0.252 e. The van der Waals surface area contributed by atoms with Gasteiger partial charge in [-0.1, -0.05) is 38.1 Å². The number of hydrogen-bond donors (Lipinski definition) is 1. The average molecular weight is 456 g/mol. The Bertz CT molecular complexity index is 1150. The molecule has 3 aromatic rings. The second kappa shape index (κ2) is 9.55. The van der Waals surface area contributed by atoms with E-state index in [2.05, 4.69) is 34.0 Å². The van der Waals surface area contributed by atoms with Gasteiger partial charge in [0.2, 0.25) is 5.95 Å². The molecule has 1 atom stereocenters. The van der Waals surface area contributed by atoms with Crippen molar-refractivity contribution in [1.29, 1.82) is 0 Å². The summed E-state index contributed by atoms with van der Waals surface area (Å²) in [6.45, 7) is 8.29. The van der Waals surface area contributed by atoms with Gasteiger partial charge in [0.1, 0.15) is 5.65 Å². The van der Waals surface area contributed by atoms with Gasteiger partial charge in [-0.2, -0.15) is 4.98 Å². The molecule has 1 saturated heterocycles. The maximum atomic E-state index is 13.4. The summed E-state index contributed by atoms with van der Waals surface area (Å²) in [6.07, 6.45) is 1.60. The zero-order chi connectivity index (χ0) is 23.6. The summed E-state index contributed by atoms with van der Waals surface area (Å²) in [7, 11) is 0. The van der Waals surface area contributed by atoms with Crippen LogP contribution < -0.4 is 10.9 Å². The third-order valence-corrected chi connectivity index (χ3v) is 6.09. The zero-order valence-corrected chi connectivity index (χ0v) is 19.4. The molecule has 3 heterocycles. The molecular formula is C25H31F2N5O. The van der Waals surface area contributed by atoms with E-state index in [1.54, 1.807) is 22.9 Å². The van der Waals surface area contributed by atoms with Crippen molar-refractivity contribution in [2.45, 2.75) is 58.7 Å². The van der Waals surface area contributed by atoms with E-state index in [9.17, 15) is 13.6 Å². The molecule has 2 aromatic heterocycles. The number of halogens is 2. The van der Waals surface area contributed by atoms with E-state index in [-0.39, 0.29) is 24.4 Å². The Morgan fingerprint density at radius 3 is 2.42 bits per heavy atom. The molecule has 0 aliphatic carbocycles. The first kappa shape index (κ1) is 23.3. The molecule has 1 aromatic carbocycles. The van der Waals surface area contributed by atoms with Crippen LogP contribution in [0.15, 0.2) is 47.4 Å². The van der Waals surface area contributed by atoms with E-state index in [1.165, 1.54) is 0 Å². The molecule has 33 heavy (non-hydrogen) atoms. The fourth-order valence-corrected chi connectivity index (χ4v) is 4.17. The molecule has 1 aliphatic heterocycles. The number of fused-ring (bicyclic) bond motifs is 1. The highest BCUT2D eigenvalue weighted by Gasteiger charge is 2.33. The van der Waals surface area contributed by atoms with E-state index >= 15 is 0 Å². The molecule has 6 nitrogen and oxygen atoms in total. The minimum absolute atomic E-state index is 0.0424. The molecule has 176 valence electrons. The fraction of sp³-hybridized carbons (Fsp3) is 0.480. The Hall–Kier alpha value is -2.87. The van der Waals surface area contributed by atoms with E-state index in [0.717, 1.165) is 16.5 Å². The number of nitrogens with zero attached hydrogens (tertiary/aromatic N) is 4. The van der Waals surface area contributed by atoms with Gasteiger partial charge in [0, 0.05) is 56.7 Å². The van der Waals surface area contributed by atoms with Crippen molar-refractivity contribution in [2.24, 2.45) is 5.92 Å². The van der Waals surface area contributed by atoms with Gasteiger partial charge >= 0.3 is 0 Å². The predicted molar refractivity (Wildman–Crippen MR) is 127 cm³/mol.